The Kier molecular flexibility index (Phi) is 5.60. The molecule has 23 heavy (non-hydrogen) atoms. The van der Waals surface area contributed by atoms with Gasteiger partial charge in [-0.25, -0.2) is 4.79 Å². The van der Waals surface area contributed by atoms with E-state index in [1.807, 2.05) is 0 Å². The molecule has 1 aromatic carbocycles. The summed E-state index contributed by atoms with van der Waals surface area (Å²) in [7, 11) is 0. The topological polar surface area (TPSA) is 100 Å². The maximum absolute atomic E-state index is 11.2. The van der Waals surface area contributed by atoms with Crippen molar-refractivity contribution in [3.63, 3.8) is 0 Å². The highest BCUT2D eigenvalue weighted by Gasteiger charge is 2.15. The van der Waals surface area contributed by atoms with Crippen LogP contribution >= 0.6 is 0 Å². The Morgan fingerprint density at radius 1 is 1.17 bits per heavy atom. The average molecular weight is 310 g/mol. The molecule has 0 bridgehead atoms. The highest BCUT2D eigenvalue weighted by molar-refractivity contribution is 5.91. The van der Waals surface area contributed by atoms with Gasteiger partial charge in [0, 0.05) is 19.3 Å². The molecule has 0 aromatic heterocycles. The van der Waals surface area contributed by atoms with Crippen LogP contribution in [-0.4, -0.2) is 24.2 Å². The minimum atomic E-state index is -1.01. The number of hydrogen-bond donors (Lipinski definition) is 2. The Morgan fingerprint density at radius 2 is 1.83 bits per heavy atom. The Bertz CT molecular complexity index is 674. The molecule has 1 saturated heterocycles. The first-order chi connectivity index (χ1) is 11.2. The summed E-state index contributed by atoms with van der Waals surface area (Å²) in [6.45, 7) is 1.82. The highest BCUT2D eigenvalue weighted by atomic mass is 16.4. The molecule has 0 unspecified atom stereocenters. The molecule has 1 fully saturated rings. The summed E-state index contributed by atoms with van der Waals surface area (Å²) in [5, 5.41) is 29.7. The van der Waals surface area contributed by atoms with E-state index in [0.717, 1.165) is 31.6 Å². The van der Waals surface area contributed by atoms with Gasteiger partial charge in [0.15, 0.2) is 0 Å². The van der Waals surface area contributed by atoms with E-state index in [-0.39, 0.29) is 11.1 Å². The average Bonchev–Trinajstić information content (AvgIpc) is 2.84. The Hall–Kier alpha value is -2.99. The highest BCUT2D eigenvalue weighted by Crippen LogP contribution is 2.29. The van der Waals surface area contributed by atoms with Crippen molar-refractivity contribution in [2.24, 2.45) is 0 Å². The molecule has 0 amide bonds. The molecule has 2 rings (SSSR count). The van der Waals surface area contributed by atoms with E-state index in [1.54, 1.807) is 24.3 Å². The second-order valence-electron chi connectivity index (χ2n) is 5.36. The van der Waals surface area contributed by atoms with Gasteiger partial charge in [-0.15, -0.1) is 0 Å². The monoisotopic (exact) mass is 310 g/mol. The summed E-state index contributed by atoms with van der Waals surface area (Å²) in [5.74, 6) is -1.01. The summed E-state index contributed by atoms with van der Waals surface area (Å²) < 4.78 is 0. The van der Waals surface area contributed by atoms with Crippen LogP contribution in [0, 0.1) is 22.7 Å². The first-order valence-electron chi connectivity index (χ1n) is 7.55. The van der Waals surface area contributed by atoms with E-state index in [1.165, 1.54) is 25.1 Å². The van der Waals surface area contributed by atoms with Crippen molar-refractivity contribution >= 4 is 17.3 Å². The maximum atomic E-state index is 11.2. The lowest BCUT2D eigenvalue weighted by Gasteiger charge is -2.25. The van der Waals surface area contributed by atoms with E-state index in [9.17, 15) is 4.79 Å². The van der Waals surface area contributed by atoms with E-state index < -0.39 is 5.97 Å². The second-order valence-corrected chi connectivity index (χ2v) is 5.36. The quantitative estimate of drug-likeness (QED) is 0.829. The van der Waals surface area contributed by atoms with Crippen LogP contribution < -0.4 is 10.2 Å². The number of benzene rings is 1. The van der Waals surface area contributed by atoms with Gasteiger partial charge in [0.25, 0.3) is 0 Å². The Labute approximate surface area is 135 Å². The van der Waals surface area contributed by atoms with Crippen LogP contribution in [0.1, 0.15) is 36.0 Å². The summed E-state index contributed by atoms with van der Waals surface area (Å²) in [5.41, 5.74) is 1.58. The zero-order valence-corrected chi connectivity index (χ0v) is 12.7. The van der Waals surface area contributed by atoms with Gasteiger partial charge in [-0.3, -0.25) is 0 Å². The van der Waals surface area contributed by atoms with Crippen LogP contribution in [0.3, 0.4) is 0 Å². The number of carboxylic acid groups (broad SMARTS) is 1. The predicted octanol–water partition coefficient (Wildman–Crippen LogP) is 3.11. The third kappa shape index (κ3) is 4.24. The molecule has 6 nitrogen and oxygen atoms in total. The molecule has 0 saturated carbocycles. The van der Waals surface area contributed by atoms with Gasteiger partial charge in [-0.2, -0.15) is 10.5 Å². The lowest BCUT2D eigenvalue weighted by Crippen LogP contribution is -2.24. The molecule has 1 aromatic rings. The third-order valence-corrected chi connectivity index (χ3v) is 3.80. The second kappa shape index (κ2) is 7.86. The van der Waals surface area contributed by atoms with Crippen LogP contribution in [-0.2, 0) is 0 Å². The number of rotatable bonds is 4. The summed E-state index contributed by atoms with van der Waals surface area (Å²) in [4.78, 5) is 13.4. The zero-order valence-electron chi connectivity index (χ0n) is 12.7. The van der Waals surface area contributed by atoms with Crippen molar-refractivity contribution in [2.75, 3.05) is 23.3 Å². The molecule has 1 heterocycles. The SMILES string of the molecule is N#CC(C#N)=CNc1cc(C(=O)O)ccc1N1CCCCCC1. The minimum Gasteiger partial charge on any atom is -0.478 e. The van der Waals surface area contributed by atoms with E-state index in [4.69, 9.17) is 15.6 Å². The smallest absolute Gasteiger partial charge is 0.335 e. The maximum Gasteiger partial charge on any atom is 0.335 e. The van der Waals surface area contributed by atoms with E-state index in [0.29, 0.717) is 5.69 Å². The van der Waals surface area contributed by atoms with Crippen molar-refractivity contribution in [1.29, 1.82) is 10.5 Å². The normalized spacial score (nSPS) is 14.1. The molecule has 0 spiro atoms. The van der Waals surface area contributed by atoms with Gasteiger partial charge in [-0.05, 0) is 31.0 Å². The first kappa shape index (κ1) is 16.4. The number of nitrogens with one attached hydrogen (secondary N) is 1. The fourth-order valence-electron chi connectivity index (χ4n) is 2.61. The number of hydrogen-bond acceptors (Lipinski definition) is 5. The molecule has 118 valence electrons. The predicted molar refractivity (Wildman–Crippen MR) is 87.0 cm³/mol. The summed E-state index contributed by atoms with van der Waals surface area (Å²) >= 11 is 0. The van der Waals surface area contributed by atoms with E-state index >= 15 is 0 Å². The minimum absolute atomic E-state index is 0.0625. The van der Waals surface area contributed by atoms with Crippen LogP contribution in [0.2, 0.25) is 0 Å². The van der Waals surface area contributed by atoms with Crippen LogP contribution in [0.5, 0.6) is 0 Å². The largest absolute Gasteiger partial charge is 0.478 e. The number of anilines is 2. The van der Waals surface area contributed by atoms with Crippen LogP contribution in [0.25, 0.3) is 0 Å². The molecule has 6 heteroatoms. The van der Waals surface area contributed by atoms with Gasteiger partial charge < -0.3 is 15.3 Å². The number of aromatic carboxylic acids is 1. The molecule has 2 N–H and O–H groups in total. The molecular formula is C17H18N4O2. The Morgan fingerprint density at radius 3 is 2.39 bits per heavy atom. The lowest BCUT2D eigenvalue weighted by molar-refractivity contribution is 0.0697. The van der Waals surface area contributed by atoms with Gasteiger partial charge >= 0.3 is 5.97 Å². The molecule has 1 aliphatic heterocycles. The number of carbonyl (C=O) groups is 1. The lowest BCUT2D eigenvalue weighted by atomic mass is 10.1. The van der Waals surface area contributed by atoms with Crippen molar-refractivity contribution < 1.29 is 9.90 Å². The number of carboxylic acids is 1. The molecule has 1 aliphatic rings. The van der Waals surface area contributed by atoms with Crippen LogP contribution in [0.15, 0.2) is 30.0 Å². The summed E-state index contributed by atoms with van der Waals surface area (Å²) in [6, 6.07) is 8.44. The van der Waals surface area contributed by atoms with Crippen molar-refractivity contribution in [1.82, 2.24) is 0 Å². The van der Waals surface area contributed by atoms with Crippen molar-refractivity contribution in [3.8, 4) is 12.1 Å². The van der Waals surface area contributed by atoms with Gasteiger partial charge in [0.2, 0.25) is 0 Å². The molecule has 0 atom stereocenters. The molecule has 0 aliphatic carbocycles. The van der Waals surface area contributed by atoms with E-state index in [2.05, 4.69) is 10.2 Å². The number of nitriles is 2. The molecule has 0 radical (unpaired) electrons. The molecular weight excluding hydrogens is 292 g/mol. The zero-order chi connectivity index (χ0) is 16.7. The van der Waals surface area contributed by atoms with Gasteiger partial charge in [-0.1, -0.05) is 12.8 Å². The fourth-order valence-corrected chi connectivity index (χ4v) is 2.61. The number of allylic oxidation sites excluding steroid dienone is 1. The standard InChI is InChI=1S/C17H18N4O2/c18-10-13(11-19)12-20-15-9-14(17(22)23)5-6-16(15)21-7-3-1-2-4-8-21/h5-6,9,12,20H,1-4,7-8H2,(H,22,23). The fraction of sp³-hybridized carbons (Fsp3) is 0.353. The van der Waals surface area contributed by atoms with Gasteiger partial charge in [0.1, 0.15) is 17.7 Å². The Balaban J connectivity index is 2.36. The van der Waals surface area contributed by atoms with Crippen molar-refractivity contribution in [2.45, 2.75) is 25.7 Å². The van der Waals surface area contributed by atoms with Crippen molar-refractivity contribution in [3.05, 3.63) is 35.5 Å². The summed E-state index contributed by atoms with van der Waals surface area (Å²) in [6.07, 6.45) is 5.89. The first-order valence-corrected chi connectivity index (χ1v) is 7.55. The van der Waals surface area contributed by atoms with Gasteiger partial charge in [0.05, 0.1) is 16.9 Å². The van der Waals surface area contributed by atoms with Crippen LogP contribution in [0.4, 0.5) is 11.4 Å². The third-order valence-electron chi connectivity index (χ3n) is 3.80. The number of nitrogens with zero attached hydrogens (tertiary/aromatic N) is 3.